The van der Waals surface area contributed by atoms with Crippen molar-refractivity contribution in [3.8, 4) is 5.75 Å². The van der Waals surface area contributed by atoms with Gasteiger partial charge in [0, 0.05) is 6.04 Å². The number of nitrogens with zero attached hydrogens (tertiary/aromatic N) is 3. The number of rotatable bonds is 10. The van der Waals surface area contributed by atoms with Gasteiger partial charge in [-0.25, -0.2) is 14.1 Å². The lowest BCUT2D eigenvalue weighted by atomic mass is 9.94. The lowest BCUT2D eigenvalue weighted by Crippen LogP contribution is -2.40. The van der Waals surface area contributed by atoms with Crippen LogP contribution in [0.4, 0.5) is 5.82 Å². The average Bonchev–Trinajstić information content (AvgIpc) is 3.54. The number of benzene rings is 1. The van der Waals surface area contributed by atoms with E-state index in [4.69, 9.17) is 30.0 Å². The minimum absolute atomic E-state index is 0.0384. The molecule has 3 aromatic rings. The molecule has 5 N–H and O–H groups in total. The predicted molar refractivity (Wildman–Crippen MR) is 148 cm³/mol. The number of nitrogen functional groups attached to an aromatic ring is 1. The number of anilines is 1. The molecule has 4 atom stereocenters. The smallest absolute Gasteiger partial charge is 0.459 e. The standard InChI is InChI=1S/C27H37N6O6P/c1-18(26(34)37-20-10-8-19(28)9-11-20)32-40(35,39-21-6-4-3-5-7-21)36-16-27(2)15-14-24(38-27)22-12-13-23-25(29)30-17-31-33(22)23/h3-7,12-13,17-20,24H,8-11,14-16,28H2,1-2H3,(H,32,35)(H2,29,30,31)/t18-,19?,20?,24+,27-,40?/m0/s1. The van der Waals surface area contributed by atoms with Crippen molar-refractivity contribution in [3.63, 3.8) is 0 Å². The lowest BCUT2D eigenvalue weighted by Gasteiger charge is -2.30. The highest BCUT2D eigenvalue weighted by Crippen LogP contribution is 2.48. The van der Waals surface area contributed by atoms with E-state index in [-0.39, 0.29) is 24.9 Å². The predicted octanol–water partition coefficient (Wildman–Crippen LogP) is 3.92. The van der Waals surface area contributed by atoms with Crippen LogP contribution in [0.2, 0.25) is 0 Å². The molecule has 13 heteroatoms. The number of nitrogens with one attached hydrogen (secondary N) is 1. The van der Waals surface area contributed by atoms with Gasteiger partial charge in [0.25, 0.3) is 0 Å². The Morgan fingerprint density at radius 2 is 1.95 bits per heavy atom. The molecule has 5 rings (SSSR count). The minimum Gasteiger partial charge on any atom is -0.461 e. The monoisotopic (exact) mass is 572 g/mol. The number of para-hydroxylation sites is 1. The van der Waals surface area contributed by atoms with Crippen LogP contribution in [-0.2, 0) is 23.4 Å². The van der Waals surface area contributed by atoms with Crippen LogP contribution >= 0.6 is 7.75 Å². The van der Waals surface area contributed by atoms with Gasteiger partial charge in [-0.1, -0.05) is 18.2 Å². The van der Waals surface area contributed by atoms with Gasteiger partial charge in [0.05, 0.1) is 17.9 Å². The molecule has 40 heavy (non-hydrogen) atoms. The Labute approximate surface area is 233 Å². The first kappa shape index (κ1) is 28.5. The van der Waals surface area contributed by atoms with Gasteiger partial charge in [0.1, 0.15) is 35.8 Å². The number of carbonyl (C=O) groups is 1. The van der Waals surface area contributed by atoms with Crippen molar-refractivity contribution in [2.75, 3.05) is 12.3 Å². The number of carbonyl (C=O) groups excluding carboxylic acids is 1. The normalized spacial score (nSPS) is 27.2. The number of hydrogen-bond acceptors (Lipinski definition) is 10. The zero-order chi connectivity index (χ0) is 28.3. The summed E-state index contributed by atoms with van der Waals surface area (Å²) in [6.45, 7) is 3.43. The number of hydrogen-bond donors (Lipinski definition) is 3. The molecule has 2 aliphatic rings. The quantitative estimate of drug-likeness (QED) is 0.238. The van der Waals surface area contributed by atoms with Gasteiger partial charge in [-0.05, 0) is 76.6 Å². The fourth-order valence-electron chi connectivity index (χ4n) is 5.12. The number of aromatic nitrogens is 3. The topological polar surface area (TPSA) is 165 Å². The van der Waals surface area contributed by atoms with E-state index >= 15 is 0 Å². The SMILES string of the molecule is C[C@H](NP(=O)(OC[C@]1(C)CC[C@H](c2ccc3c(N)ncnn23)O1)Oc1ccccc1)C(=O)OC1CCC(N)CC1. The van der Waals surface area contributed by atoms with Crippen molar-refractivity contribution >= 4 is 25.1 Å². The van der Waals surface area contributed by atoms with Crippen LogP contribution in [0.1, 0.15) is 64.2 Å². The van der Waals surface area contributed by atoms with Gasteiger partial charge in [-0.3, -0.25) is 9.32 Å². The average molecular weight is 573 g/mol. The summed E-state index contributed by atoms with van der Waals surface area (Å²) < 4.78 is 39.5. The third kappa shape index (κ3) is 6.64. The number of fused-ring (bicyclic) bond motifs is 1. The second kappa shape index (κ2) is 11.8. The summed E-state index contributed by atoms with van der Waals surface area (Å²) in [7, 11) is -4.03. The molecule has 0 bridgehead atoms. The van der Waals surface area contributed by atoms with Gasteiger partial charge in [-0.15, -0.1) is 0 Å². The highest BCUT2D eigenvalue weighted by Gasteiger charge is 2.42. The minimum atomic E-state index is -4.03. The van der Waals surface area contributed by atoms with Gasteiger partial charge >= 0.3 is 13.7 Å². The first-order valence-electron chi connectivity index (χ1n) is 13.6. The summed E-state index contributed by atoms with van der Waals surface area (Å²) in [4.78, 5) is 16.9. The second-order valence-corrected chi connectivity index (χ2v) is 12.5. The molecule has 1 aliphatic heterocycles. The molecular weight excluding hydrogens is 535 g/mol. The Morgan fingerprint density at radius 1 is 1.20 bits per heavy atom. The van der Waals surface area contributed by atoms with Crippen molar-refractivity contribution in [2.24, 2.45) is 5.73 Å². The Kier molecular flexibility index (Phi) is 8.44. The van der Waals surface area contributed by atoms with E-state index in [1.807, 2.05) is 25.1 Å². The summed E-state index contributed by atoms with van der Waals surface area (Å²) in [5.74, 6) is 0.202. The fraction of sp³-hybridized carbons (Fsp3) is 0.519. The largest absolute Gasteiger partial charge is 0.461 e. The fourth-order valence-corrected chi connectivity index (χ4v) is 6.73. The Balaban J connectivity index is 1.25. The van der Waals surface area contributed by atoms with Gasteiger partial charge in [0.2, 0.25) is 0 Å². The zero-order valence-corrected chi connectivity index (χ0v) is 23.7. The van der Waals surface area contributed by atoms with Crippen molar-refractivity contribution in [1.82, 2.24) is 19.7 Å². The maximum absolute atomic E-state index is 14.0. The Bertz CT molecular complexity index is 1360. The van der Waals surface area contributed by atoms with Crippen LogP contribution < -0.4 is 21.1 Å². The number of esters is 1. The maximum atomic E-state index is 14.0. The van der Waals surface area contributed by atoms with Crippen LogP contribution in [0.25, 0.3) is 5.52 Å². The molecule has 0 radical (unpaired) electrons. The molecule has 1 aromatic carbocycles. The van der Waals surface area contributed by atoms with E-state index in [1.165, 1.54) is 6.33 Å². The third-order valence-corrected chi connectivity index (χ3v) is 9.04. The molecule has 12 nitrogen and oxygen atoms in total. The summed E-state index contributed by atoms with van der Waals surface area (Å²) in [6, 6.07) is 11.6. The van der Waals surface area contributed by atoms with Crippen LogP contribution in [-0.4, -0.2) is 51.0 Å². The molecule has 1 unspecified atom stereocenters. The van der Waals surface area contributed by atoms with E-state index in [0.717, 1.165) is 18.5 Å². The second-order valence-electron chi connectivity index (χ2n) is 10.8. The van der Waals surface area contributed by atoms with Crippen LogP contribution in [0.15, 0.2) is 48.8 Å². The van der Waals surface area contributed by atoms with E-state index in [0.29, 0.717) is 42.8 Å². The number of ether oxygens (including phenoxy) is 2. The van der Waals surface area contributed by atoms with Crippen molar-refractivity contribution in [3.05, 3.63) is 54.5 Å². The molecule has 1 saturated carbocycles. The molecule has 216 valence electrons. The summed E-state index contributed by atoms with van der Waals surface area (Å²) >= 11 is 0. The van der Waals surface area contributed by atoms with Gasteiger partial charge < -0.3 is 25.5 Å². The molecular formula is C27H37N6O6P. The summed E-state index contributed by atoms with van der Waals surface area (Å²) in [6.07, 6.45) is 5.28. The summed E-state index contributed by atoms with van der Waals surface area (Å²) in [5, 5.41) is 7.08. The number of nitrogens with two attached hydrogens (primary N) is 2. The molecule has 0 spiro atoms. The summed E-state index contributed by atoms with van der Waals surface area (Å²) in [5.41, 5.74) is 12.7. The zero-order valence-electron chi connectivity index (χ0n) is 22.8. The van der Waals surface area contributed by atoms with Crippen molar-refractivity contribution in [2.45, 2.75) is 82.3 Å². The van der Waals surface area contributed by atoms with Gasteiger partial charge in [-0.2, -0.15) is 10.2 Å². The highest BCUT2D eigenvalue weighted by molar-refractivity contribution is 7.52. The van der Waals surface area contributed by atoms with Crippen molar-refractivity contribution in [1.29, 1.82) is 0 Å². The van der Waals surface area contributed by atoms with E-state index < -0.39 is 25.4 Å². The molecule has 2 aromatic heterocycles. The molecule has 2 fully saturated rings. The first-order valence-corrected chi connectivity index (χ1v) is 15.2. The van der Waals surface area contributed by atoms with E-state index in [1.54, 1.807) is 35.7 Å². The molecule has 1 saturated heterocycles. The highest BCUT2D eigenvalue weighted by atomic mass is 31.2. The maximum Gasteiger partial charge on any atom is 0.459 e. The molecule has 3 heterocycles. The first-order chi connectivity index (χ1) is 19.1. The van der Waals surface area contributed by atoms with Gasteiger partial charge in [0.15, 0.2) is 5.82 Å². The van der Waals surface area contributed by atoms with E-state index in [2.05, 4.69) is 15.2 Å². The van der Waals surface area contributed by atoms with E-state index in [9.17, 15) is 9.36 Å². The molecule has 1 aliphatic carbocycles. The lowest BCUT2D eigenvalue weighted by molar-refractivity contribution is -0.152. The molecule has 0 amide bonds. The third-order valence-electron chi connectivity index (χ3n) is 7.42. The van der Waals surface area contributed by atoms with Crippen LogP contribution in [0, 0.1) is 0 Å². The van der Waals surface area contributed by atoms with Crippen LogP contribution in [0.3, 0.4) is 0 Å². The van der Waals surface area contributed by atoms with Crippen molar-refractivity contribution < 1.29 is 27.9 Å². The Hall–Kier alpha value is -3.02. The van der Waals surface area contributed by atoms with Crippen LogP contribution in [0.5, 0.6) is 5.75 Å². The Morgan fingerprint density at radius 3 is 2.70 bits per heavy atom.